The number of nitrogens with one attached hydrogen (secondary N) is 3. The molecule has 1 atom stereocenters. The Labute approximate surface area is 211 Å². The first-order valence-corrected chi connectivity index (χ1v) is 11.5. The molecule has 172 valence electrons. The number of carbonyl (C=O) groups excluding carboxylic acids is 2. The Morgan fingerprint density at radius 1 is 1.06 bits per heavy atom. The minimum absolute atomic E-state index is 0.0825. The lowest BCUT2D eigenvalue weighted by molar-refractivity contribution is 0.0499. The Balaban J connectivity index is 1.99. The third-order valence-corrected chi connectivity index (χ3v) is 5.31. The van der Waals surface area contributed by atoms with Crippen LogP contribution in [0.2, 0.25) is 5.02 Å². The van der Waals surface area contributed by atoms with E-state index in [2.05, 4.69) is 16.0 Å². The highest BCUT2D eigenvalue weighted by Crippen LogP contribution is 2.29. The average Bonchev–Trinajstić information content (AvgIpc) is 2.73. The Morgan fingerprint density at radius 2 is 1.72 bits per heavy atom. The number of carbonyl (C=O) groups is 2. The largest absolute Gasteiger partial charge is 0.462 e. The first-order valence-electron chi connectivity index (χ1n) is 9.58. The number of esters is 1. The molecule has 2 aromatic carbocycles. The monoisotopic (exact) mass is 535 g/mol. The van der Waals surface area contributed by atoms with E-state index in [0.29, 0.717) is 17.9 Å². The molecule has 3 N–H and O–H groups in total. The predicted octanol–water partition coefficient (Wildman–Crippen LogP) is 5.71. The van der Waals surface area contributed by atoms with Crippen LogP contribution in [0.5, 0.6) is 0 Å². The van der Waals surface area contributed by atoms with Crippen LogP contribution in [-0.2, 0) is 4.74 Å². The van der Waals surface area contributed by atoms with Crippen molar-refractivity contribution in [1.29, 1.82) is 0 Å². The van der Waals surface area contributed by atoms with Crippen LogP contribution in [0.1, 0.15) is 40.5 Å². The van der Waals surface area contributed by atoms with Gasteiger partial charge in [-0.3, -0.25) is 4.79 Å². The Morgan fingerprint density at radius 3 is 2.31 bits per heavy atom. The van der Waals surface area contributed by atoms with Crippen LogP contribution in [0.4, 0.5) is 5.69 Å². The molecule has 11 heteroatoms. The van der Waals surface area contributed by atoms with Gasteiger partial charge in [-0.25, -0.2) is 4.79 Å². The number of benzene rings is 2. The van der Waals surface area contributed by atoms with Crippen LogP contribution in [-0.4, -0.2) is 33.6 Å². The molecule has 2 aromatic rings. The van der Waals surface area contributed by atoms with Crippen molar-refractivity contribution < 1.29 is 14.3 Å². The molecule has 0 aliphatic heterocycles. The normalized spacial score (nSPS) is 11.9. The quantitative estimate of drug-likeness (QED) is 0.132. The van der Waals surface area contributed by atoms with E-state index in [4.69, 9.17) is 63.4 Å². The maximum Gasteiger partial charge on any atom is 0.338 e. The number of rotatable bonds is 8. The van der Waals surface area contributed by atoms with E-state index in [-0.39, 0.29) is 15.7 Å². The summed E-state index contributed by atoms with van der Waals surface area (Å²) >= 11 is 29.3. The number of hydrogen-bond donors (Lipinski definition) is 3. The topological polar surface area (TPSA) is 79.5 Å². The molecular weight excluding hydrogens is 516 g/mol. The Bertz CT molecular complexity index is 952. The van der Waals surface area contributed by atoms with Gasteiger partial charge in [0.05, 0.1) is 22.8 Å². The molecule has 32 heavy (non-hydrogen) atoms. The summed E-state index contributed by atoms with van der Waals surface area (Å²) in [6.45, 7) is 2.39. The van der Waals surface area contributed by atoms with Gasteiger partial charge in [0, 0.05) is 5.69 Å². The van der Waals surface area contributed by atoms with Crippen molar-refractivity contribution in [2.24, 2.45) is 0 Å². The summed E-state index contributed by atoms with van der Waals surface area (Å²) in [6, 6.07) is 13.0. The standard InChI is InChI=1S/C21H21Cl4N3O3S/c1-2-3-12-31-18(30)13-8-10-14(11-9-13)26-20(32)28-19(21(23,24)25)27-17(29)15-6-4-5-7-16(15)22/h4-11,19H,2-3,12H2,1H3,(H,27,29)(H2,26,28,32)/t19-/m1/s1. The van der Waals surface area contributed by atoms with Crippen molar-refractivity contribution in [1.82, 2.24) is 10.6 Å². The first kappa shape index (κ1) is 26.5. The fourth-order valence-corrected chi connectivity index (χ4v) is 3.22. The fraction of sp³-hybridized carbons (Fsp3) is 0.286. The summed E-state index contributed by atoms with van der Waals surface area (Å²) in [7, 11) is 0. The molecule has 0 unspecified atom stereocenters. The second-order valence-corrected chi connectivity index (χ2v) is 9.78. The fourth-order valence-electron chi connectivity index (χ4n) is 2.43. The predicted molar refractivity (Wildman–Crippen MR) is 134 cm³/mol. The van der Waals surface area contributed by atoms with Crippen molar-refractivity contribution in [2.45, 2.75) is 29.7 Å². The molecule has 0 aliphatic carbocycles. The van der Waals surface area contributed by atoms with Crippen molar-refractivity contribution in [3.05, 3.63) is 64.7 Å². The molecule has 0 heterocycles. The Kier molecular flexibility index (Phi) is 10.3. The van der Waals surface area contributed by atoms with Gasteiger partial charge in [0.2, 0.25) is 3.79 Å². The SMILES string of the molecule is CCCCOC(=O)c1ccc(NC(=S)N[C@@H](NC(=O)c2ccccc2Cl)C(Cl)(Cl)Cl)cc1. The summed E-state index contributed by atoms with van der Waals surface area (Å²) < 4.78 is 3.25. The summed E-state index contributed by atoms with van der Waals surface area (Å²) in [5, 5.41) is 8.55. The van der Waals surface area contributed by atoms with E-state index < -0.39 is 21.8 Å². The summed E-state index contributed by atoms with van der Waals surface area (Å²) in [4.78, 5) is 24.5. The van der Waals surface area contributed by atoms with E-state index in [0.717, 1.165) is 12.8 Å². The highest BCUT2D eigenvalue weighted by Gasteiger charge is 2.35. The van der Waals surface area contributed by atoms with Crippen LogP contribution in [0.3, 0.4) is 0 Å². The Hall–Kier alpha value is -1.77. The molecule has 0 radical (unpaired) electrons. The van der Waals surface area contributed by atoms with Crippen LogP contribution in [0.25, 0.3) is 0 Å². The zero-order valence-corrected chi connectivity index (χ0v) is 20.8. The lowest BCUT2D eigenvalue weighted by Gasteiger charge is -2.28. The molecule has 0 bridgehead atoms. The minimum atomic E-state index is -1.92. The molecular formula is C21H21Cl4N3O3S. The smallest absolute Gasteiger partial charge is 0.338 e. The average molecular weight is 537 g/mol. The second kappa shape index (κ2) is 12.5. The maximum atomic E-state index is 12.5. The zero-order valence-electron chi connectivity index (χ0n) is 17.0. The number of hydrogen-bond acceptors (Lipinski definition) is 4. The lowest BCUT2D eigenvalue weighted by atomic mass is 10.2. The molecule has 0 aliphatic rings. The highest BCUT2D eigenvalue weighted by atomic mass is 35.6. The number of thiocarbonyl (C=S) groups is 1. The lowest BCUT2D eigenvalue weighted by Crippen LogP contribution is -2.56. The van der Waals surface area contributed by atoms with Gasteiger partial charge in [-0.1, -0.05) is 71.9 Å². The number of halogens is 4. The van der Waals surface area contributed by atoms with Gasteiger partial charge in [-0.05, 0) is 55.0 Å². The molecule has 0 saturated heterocycles. The molecule has 0 spiro atoms. The van der Waals surface area contributed by atoms with Crippen molar-refractivity contribution >= 4 is 81.3 Å². The van der Waals surface area contributed by atoms with E-state index in [1.807, 2.05) is 6.92 Å². The van der Waals surface area contributed by atoms with E-state index in [1.54, 1.807) is 48.5 Å². The summed E-state index contributed by atoms with van der Waals surface area (Å²) in [5.41, 5.74) is 1.21. The molecule has 0 aromatic heterocycles. The summed E-state index contributed by atoms with van der Waals surface area (Å²) in [6.07, 6.45) is 0.584. The van der Waals surface area contributed by atoms with Crippen LogP contribution in [0, 0.1) is 0 Å². The highest BCUT2D eigenvalue weighted by molar-refractivity contribution is 7.80. The molecule has 2 rings (SSSR count). The van der Waals surface area contributed by atoms with Crippen molar-refractivity contribution in [3.8, 4) is 0 Å². The van der Waals surface area contributed by atoms with Crippen LogP contribution in [0.15, 0.2) is 48.5 Å². The number of unbranched alkanes of at least 4 members (excludes halogenated alkanes) is 1. The number of amides is 1. The molecule has 1 amide bonds. The summed E-state index contributed by atoms with van der Waals surface area (Å²) in [5.74, 6) is -0.947. The van der Waals surface area contributed by atoms with Crippen LogP contribution >= 0.6 is 58.6 Å². The van der Waals surface area contributed by atoms with Gasteiger partial charge in [-0.2, -0.15) is 0 Å². The maximum absolute atomic E-state index is 12.5. The molecule has 6 nitrogen and oxygen atoms in total. The van der Waals surface area contributed by atoms with Gasteiger partial charge < -0.3 is 20.7 Å². The molecule has 0 saturated carbocycles. The van der Waals surface area contributed by atoms with Gasteiger partial charge in [-0.15, -0.1) is 0 Å². The van der Waals surface area contributed by atoms with Crippen molar-refractivity contribution in [2.75, 3.05) is 11.9 Å². The second-order valence-electron chi connectivity index (χ2n) is 6.59. The van der Waals surface area contributed by atoms with Crippen molar-refractivity contribution in [3.63, 3.8) is 0 Å². The zero-order chi connectivity index (χ0) is 23.7. The van der Waals surface area contributed by atoms with Gasteiger partial charge in [0.1, 0.15) is 6.17 Å². The van der Waals surface area contributed by atoms with Crippen LogP contribution < -0.4 is 16.0 Å². The molecule has 0 fully saturated rings. The van der Waals surface area contributed by atoms with Gasteiger partial charge >= 0.3 is 5.97 Å². The number of alkyl halides is 3. The van der Waals surface area contributed by atoms with Gasteiger partial charge in [0.25, 0.3) is 5.91 Å². The third kappa shape index (κ3) is 8.30. The van der Waals surface area contributed by atoms with E-state index >= 15 is 0 Å². The van der Waals surface area contributed by atoms with E-state index in [9.17, 15) is 9.59 Å². The minimum Gasteiger partial charge on any atom is -0.462 e. The van der Waals surface area contributed by atoms with E-state index in [1.165, 1.54) is 0 Å². The third-order valence-electron chi connectivity index (χ3n) is 4.11. The number of anilines is 1. The first-order chi connectivity index (χ1) is 15.1. The van der Waals surface area contributed by atoms with Gasteiger partial charge in [0.15, 0.2) is 5.11 Å². The number of ether oxygens (including phenoxy) is 1.